The first-order valence-corrected chi connectivity index (χ1v) is 9.15. The molecule has 0 aromatic heterocycles. The lowest BCUT2D eigenvalue weighted by atomic mass is 10.1. The number of nitrogens with zero attached hydrogens (tertiary/aromatic N) is 2. The third-order valence-corrected chi connectivity index (χ3v) is 5.20. The van der Waals surface area contributed by atoms with Gasteiger partial charge in [0.05, 0.1) is 7.11 Å². The van der Waals surface area contributed by atoms with Crippen molar-refractivity contribution in [3.05, 3.63) is 47.0 Å². The fourth-order valence-corrected chi connectivity index (χ4v) is 3.74. The maximum absolute atomic E-state index is 5.54. The predicted molar refractivity (Wildman–Crippen MR) is 103 cm³/mol. The molecule has 0 unspecified atom stereocenters. The van der Waals surface area contributed by atoms with Crippen LogP contribution in [0.15, 0.2) is 30.3 Å². The SMILES string of the molecule is COc1cc(CN2CCN(c3cc(C)ccc3C)CC2)cc2c1OCO2. The summed E-state index contributed by atoms with van der Waals surface area (Å²) in [4.78, 5) is 4.98. The molecule has 0 atom stereocenters. The number of anilines is 1. The lowest BCUT2D eigenvalue weighted by molar-refractivity contribution is 0.171. The summed E-state index contributed by atoms with van der Waals surface area (Å²) in [6.07, 6.45) is 0. The minimum Gasteiger partial charge on any atom is -0.493 e. The molecule has 5 heteroatoms. The molecule has 138 valence electrons. The van der Waals surface area contributed by atoms with Crippen LogP contribution in [-0.2, 0) is 6.54 Å². The Balaban J connectivity index is 1.42. The highest BCUT2D eigenvalue weighted by molar-refractivity contribution is 5.56. The van der Waals surface area contributed by atoms with E-state index in [1.54, 1.807) is 7.11 Å². The number of hydrogen-bond donors (Lipinski definition) is 0. The molecule has 2 aliphatic heterocycles. The van der Waals surface area contributed by atoms with Crippen LogP contribution >= 0.6 is 0 Å². The Labute approximate surface area is 155 Å². The van der Waals surface area contributed by atoms with E-state index in [0.29, 0.717) is 0 Å². The zero-order valence-electron chi connectivity index (χ0n) is 15.7. The molecule has 1 saturated heterocycles. The summed E-state index contributed by atoms with van der Waals surface area (Å²) in [6.45, 7) is 9.70. The van der Waals surface area contributed by atoms with Gasteiger partial charge in [0, 0.05) is 38.4 Å². The normalized spacial score (nSPS) is 16.8. The van der Waals surface area contributed by atoms with Gasteiger partial charge in [-0.3, -0.25) is 4.90 Å². The molecule has 1 fully saturated rings. The van der Waals surface area contributed by atoms with Gasteiger partial charge in [0.2, 0.25) is 12.5 Å². The topological polar surface area (TPSA) is 34.2 Å². The van der Waals surface area contributed by atoms with E-state index in [4.69, 9.17) is 14.2 Å². The van der Waals surface area contributed by atoms with Gasteiger partial charge in [0.1, 0.15) is 0 Å². The van der Waals surface area contributed by atoms with Crippen molar-refractivity contribution in [3.8, 4) is 17.2 Å². The van der Waals surface area contributed by atoms with Gasteiger partial charge >= 0.3 is 0 Å². The number of methoxy groups -OCH3 is 1. The summed E-state index contributed by atoms with van der Waals surface area (Å²) in [6, 6.07) is 10.8. The summed E-state index contributed by atoms with van der Waals surface area (Å²) in [5, 5.41) is 0. The summed E-state index contributed by atoms with van der Waals surface area (Å²) in [7, 11) is 1.67. The van der Waals surface area contributed by atoms with Gasteiger partial charge in [-0.15, -0.1) is 0 Å². The molecule has 0 aliphatic carbocycles. The molecule has 2 heterocycles. The first-order chi connectivity index (χ1) is 12.6. The van der Waals surface area contributed by atoms with Crippen LogP contribution in [0.25, 0.3) is 0 Å². The molecule has 0 saturated carbocycles. The minimum absolute atomic E-state index is 0.268. The third kappa shape index (κ3) is 3.31. The van der Waals surface area contributed by atoms with Gasteiger partial charge in [-0.2, -0.15) is 0 Å². The largest absolute Gasteiger partial charge is 0.493 e. The van der Waals surface area contributed by atoms with Crippen LogP contribution < -0.4 is 19.1 Å². The molecule has 5 nitrogen and oxygen atoms in total. The molecule has 2 aromatic carbocycles. The van der Waals surface area contributed by atoms with E-state index in [0.717, 1.165) is 50.0 Å². The van der Waals surface area contributed by atoms with Crippen LogP contribution in [0.5, 0.6) is 17.2 Å². The fourth-order valence-electron chi connectivity index (χ4n) is 3.74. The van der Waals surface area contributed by atoms with Crippen LogP contribution in [0.2, 0.25) is 0 Å². The molecule has 26 heavy (non-hydrogen) atoms. The van der Waals surface area contributed by atoms with Crippen molar-refractivity contribution in [2.75, 3.05) is 45.0 Å². The zero-order chi connectivity index (χ0) is 18.1. The van der Waals surface area contributed by atoms with Gasteiger partial charge in [-0.25, -0.2) is 0 Å². The Kier molecular flexibility index (Phi) is 4.64. The quantitative estimate of drug-likeness (QED) is 0.841. The molecule has 0 spiro atoms. The van der Waals surface area contributed by atoms with E-state index in [1.165, 1.54) is 22.4 Å². The second kappa shape index (κ2) is 7.08. The summed E-state index contributed by atoms with van der Waals surface area (Å²) in [5.41, 5.74) is 5.24. The molecule has 4 rings (SSSR count). The van der Waals surface area contributed by atoms with Crippen molar-refractivity contribution >= 4 is 5.69 Å². The molecule has 0 bridgehead atoms. The van der Waals surface area contributed by atoms with Crippen molar-refractivity contribution in [2.45, 2.75) is 20.4 Å². The number of ether oxygens (including phenoxy) is 3. The standard InChI is InChI=1S/C21H26N2O3/c1-15-4-5-16(2)18(10-15)23-8-6-22(7-9-23)13-17-11-19(24-3)21-20(12-17)25-14-26-21/h4-5,10-12H,6-9,13-14H2,1-3H3. The first-order valence-electron chi connectivity index (χ1n) is 9.15. The van der Waals surface area contributed by atoms with Crippen molar-refractivity contribution in [1.29, 1.82) is 0 Å². The monoisotopic (exact) mass is 354 g/mol. The molecular formula is C21H26N2O3. The van der Waals surface area contributed by atoms with Crippen molar-refractivity contribution in [1.82, 2.24) is 4.90 Å². The van der Waals surface area contributed by atoms with Crippen molar-refractivity contribution in [3.63, 3.8) is 0 Å². The Morgan fingerprint density at radius 2 is 1.81 bits per heavy atom. The average Bonchev–Trinajstić information content (AvgIpc) is 3.12. The number of piperazine rings is 1. The van der Waals surface area contributed by atoms with E-state index >= 15 is 0 Å². The van der Waals surface area contributed by atoms with E-state index in [-0.39, 0.29) is 6.79 Å². The van der Waals surface area contributed by atoms with E-state index in [9.17, 15) is 0 Å². The van der Waals surface area contributed by atoms with Crippen molar-refractivity contribution in [2.24, 2.45) is 0 Å². The smallest absolute Gasteiger partial charge is 0.231 e. The molecule has 0 radical (unpaired) electrons. The lowest BCUT2D eigenvalue weighted by Gasteiger charge is -2.37. The Hall–Kier alpha value is -2.40. The highest BCUT2D eigenvalue weighted by atomic mass is 16.7. The summed E-state index contributed by atoms with van der Waals surface area (Å²) >= 11 is 0. The molecule has 2 aliphatic rings. The second-order valence-corrected chi connectivity index (χ2v) is 7.09. The maximum Gasteiger partial charge on any atom is 0.231 e. The maximum atomic E-state index is 5.54. The molecular weight excluding hydrogens is 328 g/mol. The highest BCUT2D eigenvalue weighted by Crippen LogP contribution is 2.42. The lowest BCUT2D eigenvalue weighted by Crippen LogP contribution is -2.46. The van der Waals surface area contributed by atoms with Crippen LogP contribution in [0, 0.1) is 13.8 Å². The zero-order valence-corrected chi connectivity index (χ0v) is 15.7. The van der Waals surface area contributed by atoms with Crippen LogP contribution in [-0.4, -0.2) is 45.0 Å². The van der Waals surface area contributed by atoms with Gasteiger partial charge in [0.15, 0.2) is 11.5 Å². The number of aryl methyl sites for hydroxylation is 2. The van der Waals surface area contributed by atoms with Crippen LogP contribution in [0.1, 0.15) is 16.7 Å². The summed E-state index contributed by atoms with van der Waals surface area (Å²) < 4.78 is 16.5. The number of hydrogen-bond acceptors (Lipinski definition) is 5. The minimum atomic E-state index is 0.268. The van der Waals surface area contributed by atoms with Gasteiger partial charge in [-0.05, 0) is 48.7 Å². The summed E-state index contributed by atoms with van der Waals surface area (Å²) in [5.74, 6) is 2.26. The van der Waals surface area contributed by atoms with Crippen molar-refractivity contribution < 1.29 is 14.2 Å². The van der Waals surface area contributed by atoms with Gasteiger partial charge in [-0.1, -0.05) is 12.1 Å². The Morgan fingerprint density at radius 3 is 2.58 bits per heavy atom. The predicted octanol–water partition coefficient (Wildman–Crippen LogP) is 3.36. The van der Waals surface area contributed by atoms with E-state index < -0.39 is 0 Å². The second-order valence-electron chi connectivity index (χ2n) is 7.09. The average molecular weight is 354 g/mol. The molecule has 2 aromatic rings. The number of benzene rings is 2. The first kappa shape index (κ1) is 17.0. The van der Waals surface area contributed by atoms with E-state index in [2.05, 4.69) is 54.0 Å². The Morgan fingerprint density at radius 1 is 1.00 bits per heavy atom. The Bertz CT molecular complexity index is 798. The number of rotatable bonds is 4. The third-order valence-electron chi connectivity index (χ3n) is 5.20. The highest BCUT2D eigenvalue weighted by Gasteiger charge is 2.23. The fraction of sp³-hybridized carbons (Fsp3) is 0.429. The molecule has 0 amide bonds. The van der Waals surface area contributed by atoms with Crippen LogP contribution in [0.3, 0.4) is 0 Å². The van der Waals surface area contributed by atoms with Crippen LogP contribution in [0.4, 0.5) is 5.69 Å². The number of fused-ring (bicyclic) bond motifs is 1. The van der Waals surface area contributed by atoms with Gasteiger partial charge < -0.3 is 19.1 Å². The van der Waals surface area contributed by atoms with Gasteiger partial charge in [0.25, 0.3) is 0 Å². The molecule has 0 N–H and O–H groups in total. The van der Waals surface area contributed by atoms with E-state index in [1.807, 2.05) is 0 Å².